The van der Waals surface area contributed by atoms with E-state index in [2.05, 4.69) is 69.0 Å². The van der Waals surface area contributed by atoms with E-state index in [1.807, 2.05) is 0 Å². The number of ether oxygens (including phenoxy) is 1. The SMILES string of the molecule is C=CO.CCCCCCCCCc1ccccc1Oc1ccccc1CCCCCCCCC. The normalized spacial score (nSPS) is 10.4. The molecule has 0 saturated heterocycles. The highest BCUT2D eigenvalue weighted by atomic mass is 16.5. The molecule has 0 spiro atoms. The molecule has 0 unspecified atom stereocenters. The highest BCUT2D eigenvalue weighted by molar-refractivity contribution is 5.41. The summed E-state index contributed by atoms with van der Waals surface area (Å²) in [7, 11) is 0. The molecule has 0 bridgehead atoms. The summed E-state index contributed by atoms with van der Waals surface area (Å²) in [5.74, 6) is 2.08. The molecule has 34 heavy (non-hydrogen) atoms. The van der Waals surface area contributed by atoms with Gasteiger partial charge < -0.3 is 9.84 Å². The van der Waals surface area contributed by atoms with Gasteiger partial charge in [-0.3, -0.25) is 0 Å². The fourth-order valence-electron chi connectivity index (χ4n) is 4.28. The Kier molecular flexibility index (Phi) is 18.7. The molecule has 0 aliphatic heterocycles. The molecule has 0 amide bonds. The predicted molar refractivity (Wildman–Crippen MR) is 149 cm³/mol. The lowest BCUT2D eigenvalue weighted by atomic mass is 10.0. The number of hydrogen-bond acceptors (Lipinski definition) is 2. The molecular weight excluding hydrogens is 416 g/mol. The predicted octanol–water partition coefficient (Wildman–Crippen LogP) is 10.8. The third kappa shape index (κ3) is 14.1. The van der Waals surface area contributed by atoms with Crippen LogP contribution >= 0.6 is 0 Å². The first-order chi connectivity index (χ1) is 16.8. The van der Waals surface area contributed by atoms with E-state index in [1.165, 1.54) is 101 Å². The van der Waals surface area contributed by atoms with Crippen molar-refractivity contribution >= 4 is 0 Å². The third-order valence-electron chi connectivity index (χ3n) is 6.26. The first-order valence-corrected chi connectivity index (χ1v) is 13.9. The van der Waals surface area contributed by atoms with Crippen LogP contribution in [0.2, 0.25) is 0 Å². The van der Waals surface area contributed by atoms with Crippen molar-refractivity contribution in [3.63, 3.8) is 0 Å². The number of rotatable bonds is 18. The quantitative estimate of drug-likeness (QED) is 0.175. The minimum absolute atomic E-state index is 0.750. The van der Waals surface area contributed by atoms with Crippen molar-refractivity contribution in [3.05, 3.63) is 72.5 Å². The van der Waals surface area contributed by atoms with Crippen LogP contribution in [-0.4, -0.2) is 5.11 Å². The molecule has 2 rings (SSSR count). The number of aryl methyl sites for hydroxylation is 2. The molecule has 0 aromatic heterocycles. The van der Waals surface area contributed by atoms with Gasteiger partial charge >= 0.3 is 0 Å². The Balaban J connectivity index is 0.00000182. The van der Waals surface area contributed by atoms with E-state index >= 15 is 0 Å². The van der Waals surface area contributed by atoms with Gasteiger partial charge in [-0.2, -0.15) is 0 Å². The lowest BCUT2D eigenvalue weighted by Crippen LogP contribution is -1.96. The van der Waals surface area contributed by atoms with Gasteiger partial charge in [0.15, 0.2) is 0 Å². The maximum atomic E-state index is 7.33. The number of para-hydroxylation sites is 2. The highest BCUT2D eigenvalue weighted by Gasteiger charge is 2.08. The molecule has 0 atom stereocenters. The standard InChI is InChI=1S/C30H46O.C2H4O/c1-3-5-7-9-11-13-15-21-27-23-17-19-25-29(27)31-30-26-20-18-24-28(30)22-16-14-12-10-8-6-4-2;1-2-3/h17-20,23-26H,3-16,21-22H2,1-2H3;2-3H,1H2. The van der Waals surface area contributed by atoms with Crippen LogP contribution in [0.5, 0.6) is 11.5 Å². The summed E-state index contributed by atoms with van der Waals surface area (Å²) in [6.07, 6.45) is 21.9. The first-order valence-electron chi connectivity index (χ1n) is 13.9. The average molecular weight is 467 g/mol. The van der Waals surface area contributed by atoms with E-state index in [0.29, 0.717) is 0 Å². The maximum absolute atomic E-state index is 7.33. The minimum Gasteiger partial charge on any atom is -0.516 e. The van der Waals surface area contributed by atoms with Crippen molar-refractivity contribution in [1.29, 1.82) is 0 Å². The summed E-state index contributed by atoms with van der Waals surface area (Å²) in [6.45, 7) is 7.48. The van der Waals surface area contributed by atoms with Crippen LogP contribution < -0.4 is 4.74 Å². The van der Waals surface area contributed by atoms with Crippen LogP contribution in [0.1, 0.15) is 115 Å². The Morgan fingerprint density at radius 2 is 0.912 bits per heavy atom. The first kappa shape index (κ1) is 29.8. The summed E-state index contributed by atoms with van der Waals surface area (Å²) >= 11 is 0. The van der Waals surface area contributed by atoms with Crippen LogP contribution in [0.15, 0.2) is 61.4 Å². The maximum Gasteiger partial charge on any atom is 0.130 e. The van der Waals surface area contributed by atoms with Gasteiger partial charge in [0.1, 0.15) is 11.5 Å². The summed E-state index contributed by atoms with van der Waals surface area (Å²) < 4.78 is 6.46. The number of aliphatic hydroxyl groups is 1. The summed E-state index contributed by atoms with van der Waals surface area (Å²) in [6, 6.07) is 17.3. The fraction of sp³-hybridized carbons (Fsp3) is 0.562. The van der Waals surface area contributed by atoms with E-state index < -0.39 is 0 Å². The van der Waals surface area contributed by atoms with Crippen LogP contribution in [0.3, 0.4) is 0 Å². The number of unbranched alkanes of at least 4 members (excludes halogenated alkanes) is 12. The molecule has 190 valence electrons. The highest BCUT2D eigenvalue weighted by Crippen LogP contribution is 2.30. The van der Waals surface area contributed by atoms with Crippen molar-refractivity contribution in [1.82, 2.24) is 0 Å². The van der Waals surface area contributed by atoms with Gasteiger partial charge in [0.05, 0.1) is 6.26 Å². The monoisotopic (exact) mass is 466 g/mol. The third-order valence-corrected chi connectivity index (χ3v) is 6.26. The van der Waals surface area contributed by atoms with E-state index in [9.17, 15) is 0 Å². The molecule has 1 N–H and O–H groups in total. The molecule has 2 aromatic carbocycles. The average Bonchev–Trinajstić information content (AvgIpc) is 2.85. The smallest absolute Gasteiger partial charge is 0.130 e. The molecule has 0 heterocycles. The second-order valence-electron chi connectivity index (χ2n) is 9.24. The van der Waals surface area contributed by atoms with Crippen molar-refractivity contribution < 1.29 is 9.84 Å². The molecule has 0 fully saturated rings. The Bertz CT molecular complexity index is 678. The minimum atomic E-state index is 0.750. The van der Waals surface area contributed by atoms with Crippen molar-refractivity contribution in [2.45, 2.75) is 117 Å². The van der Waals surface area contributed by atoms with Crippen molar-refractivity contribution in [2.24, 2.45) is 0 Å². The number of benzene rings is 2. The zero-order valence-corrected chi connectivity index (χ0v) is 22.1. The second-order valence-corrected chi connectivity index (χ2v) is 9.24. The van der Waals surface area contributed by atoms with E-state index in [4.69, 9.17) is 9.84 Å². The Labute approximate surface area is 210 Å². The number of hydrogen-bond donors (Lipinski definition) is 1. The molecule has 2 aromatic rings. The van der Waals surface area contributed by atoms with Crippen molar-refractivity contribution in [2.75, 3.05) is 0 Å². The zero-order valence-electron chi connectivity index (χ0n) is 22.1. The Morgan fingerprint density at radius 1 is 0.588 bits per heavy atom. The summed E-state index contributed by atoms with van der Waals surface area (Å²) in [4.78, 5) is 0. The number of aliphatic hydroxyl groups excluding tert-OH is 1. The van der Waals surface area contributed by atoms with Gasteiger partial charge in [-0.1, -0.05) is 134 Å². The second kappa shape index (κ2) is 21.3. The van der Waals surface area contributed by atoms with Crippen LogP contribution in [0.4, 0.5) is 0 Å². The molecular formula is C32H50O2. The topological polar surface area (TPSA) is 29.5 Å². The van der Waals surface area contributed by atoms with E-state index in [-0.39, 0.29) is 0 Å². The van der Waals surface area contributed by atoms with Gasteiger partial charge in [-0.15, -0.1) is 0 Å². The van der Waals surface area contributed by atoms with Gasteiger partial charge in [-0.25, -0.2) is 0 Å². The Morgan fingerprint density at radius 3 is 1.29 bits per heavy atom. The molecule has 0 aliphatic rings. The molecule has 0 aliphatic carbocycles. The van der Waals surface area contributed by atoms with E-state index in [0.717, 1.165) is 30.6 Å². The van der Waals surface area contributed by atoms with E-state index in [1.54, 1.807) is 0 Å². The van der Waals surface area contributed by atoms with Gasteiger partial charge in [0, 0.05) is 0 Å². The van der Waals surface area contributed by atoms with Gasteiger partial charge in [0.2, 0.25) is 0 Å². The molecule has 2 heteroatoms. The Hall–Kier alpha value is -2.22. The lowest BCUT2D eigenvalue weighted by Gasteiger charge is -2.14. The van der Waals surface area contributed by atoms with Crippen LogP contribution in [-0.2, 0) is 12.8 Å². The van der Waals surface area contributed by atoms with Gasteiger partial charge in [-0.05, 0) is 48.9 Å². The molecule has 2 nitrogen and oxygen atoms in total. The largest absolute Gasteiger partial charge is 0.516 e. The zero-order chi connectivity index (χ0) is 24.7. The van der Waals surface area contributed by atoms with Crippen LogP contribution in [0, 0.1) is 0 Å². The molecule has 0 radical (unpaired) electrons. The summed E-state index contributed by atoms with van der Waals surface area (Å²) in [5, 5.41) is 7.33. The van der Waals surface area contributed by atoms with Crippen LogP contribution in [0.25, 0.3) is 0 Å². The fourth-order valence-corrected chi connectivity index (χ4v) is 4.28. The lowest BCUT2D eigenvalue weighted by molar-refractivity contribution is 0.466. The molecule has 0 saturated carbocycles. The summed E-state index contributed by atoms with van der Waals surface area (Å²) in [5.41, 5.74) is 2.70. The van der Waals surface area contributed by atoms with Crippen molar-refractivity contribution in [3.8, 4) is 11.5 Å². The van der Waals surface area contributed by atoms with Gasteiger partial charge in [0.25, 0.3) is 0 Å².